The van der Waals surface area contributed by atoms with E-state index in [4.69, 9.17) is 9.15 Å². The van der Waals surface area contributed by atoms with Crippen molar-refractivity contribution in [2.75, 3.05) is 6.54 Å². The van der Waals surface area contributed by atoms with E-state index in [0.29, 0.717) is 17.9 Å². The number of hydrogen-bond donors (Lipinski definition) is 1. The van der Waals surface area contributed by atoms with E-state index >= 15 is 0 Å². The highest BCUT2D eigenvalue weighted by molar-refractivity contribution is 5.30. The van der Waals surface area contributed by atoms with Gasteiger partial charge in [-0.2, -0.15) is 0 Å². The largest absolute Gasteiger partial charge is 0.483 e. The molecule has 0 atom stereocenters. The summed E-state index contributed by atoms with van der Waals surface area (Å²) in [6.07, 6.45) is 1.09. The zero-order valence-electron chi connectivity index (χ0n) is 11.9. The minimum atomic E-state index is -0.316. The molecular weight excluding hydrogens is 257 g/mol. The molecule has 1 aromatic carbocycles. The van der Waals surface area contributed by atoms with Crippen LogP contribution in [0.3, 0.4) is 0 Å². The molecule has 0 aliphatic rings. The fourth-order valence-electron chi connectivity index (χ4n) is 1.86. The Morgan fingerprint density at radius 3 is 2.80 bits per heavy atom. The van der Waals surface area contributed by atoms with Gasteiger partial charge in [0.15, 0.2) is 11.6 Å². The fraction of sp³-hybridized carbons (Fsp3) is 0.375. The molecule has 1 heterocycles. The van der Waals surface area contributed by atoms with Crippen molar-refractivity contribution in [3.05, 3.63) is 53.2 Å². The zero-order chi connectivity index (χ0) is 14.4. The van der Waals surface area contributed by atoms with Crippen molar-refractivity contribution in [3.8, 4) is 5.75 Å². The Morgan fingerprint density at radius 2 is 2.00 bits per heavy atom. The van der Waals surface area contributed by atoms with Gasteiger partial charge in [-0.3, -0.25) is 0 Å². The Morgan fingerprint density at radius 1 is 1.20 bits per heavy atom. The van der Waals surface area contributed by atoms with E-state index in [1.807, 2.05) is 12.1 Å². The van der Waals surface area contributed by atoms with Crippen molar-refractivity contribution >= 4 is 0 Å². The number of aryl methyl sites for hydroxylation is 1. The molecule has 1 N–H and O–H groups in total. The zero-order valence-corrected chi connectivity index (χ0v) is 11.9. The monoisotopic (exact) mass is 277 g/mol. The van der Waals surface area contributed by atoms with Crippen LogP contribution in [-0.2, 0) is 13.2 Å². The summed E-state index contributed by atoms with van der Waals surface area (Å²) in [4.78, 5) is 0. The van der Waals surface area contributed by atoms with E-state index in [-0.39, 0.29) is 18.2 Å². The molecule has 0 aliphatic carbocycles. The van der Waals surface area contributed by atoms with E-state index < -0.39 is 0 Å². The molecule has 0 amide bonds. The molecule has 20 heavy (non-hydrogen) atoms. The van der Waals surface area contributed by atoms with Crippen LogP contribution in [0.25, 0.3) is 0 Å². The lowest BCUT2D eigenvalue weighted by Crippen LogP contribution is -2.13. The maximum Gasteiger partial charge on any atom is 0.167 e. The molecule has 0 aliphatic heterocycles. The number of halogens is 1. The van der Waals surface area contributed by atoms with Crippen LogP contribution in [0, 0.1) is 12.7 Å². The van der Waals surface area contributed by atoms with Gasteiger partial charge in [0.2, 0.25) is 0 Å². The average Bonchev–Trinajstić information content (AvgIpc) is 2.89. The molecule has 0 saturated carbocycles. The second-order valence-electron chi connectivity index (χ2n) is 4.72. The SMILES string of the molecule is CCCNCc1ccc(COc2cccc(C)c2F)o1. The van der Waals surface area contributed by atoms with Crippen LogP contribution in [0.5, 0.6) is 5.75 Å². The molecule has 2 aromatic rings. The fourth-order valence-corrected chi connectivity index (χ4v) is 1.86. The maximum absolute atomic E-state index is 13.7. The highest BCUT2D eigenvalue weighted by atomic mass is 19.1. The van der Waals surface area contributed by atoms with Crippen molar-refractivity contribution in [1.82, 2.24) is 5.32 Å². The van der Waals surface area contributed by atoms with Crippen LogP contribution in [0.2, 0.25) is 0 Å². The van der Waals surface area contributed by atoms with E-state index in [2.05, 4.69) is 12.2 Å². The van der Waals surface area contributed by atoms with Gasteiger partial charge in [-0.05, 0) is 43.7 Å². The van der Waals surface area contributed by atoms with Gasteiger partial charge in [-0.1, -0.05) is 19.1 Å². The molecule has 0 fully saturated rings. The molecule has 0 spiro atoms. The van der Waals surface area contributed by atoms with Gasteiger partial charge < -0.3 is 14.5 Å². The van der Waals surface area contributed by atoms with Gasteiger partial charge in [-0.25, -0.2) is 4.39 Å². The predicted molar refractivity (Wildman–Crippen MR) is 76.2 cm³/mol. The van der Waals surface area contributed by atoms with Crippen LogP contribution >= 0.6 is 0 Å². The Bertz CT molecular complexity index is 551. The first-order chi connectivity index (χ1) is 9.70. The third-order valence-electron chi connectivity index (χ3n) is 2.97. The summed E-state index contributed by atoms with van der Waals surface area (Å²) in [5.41, 5.74) is 0.575. The Kier molecular flexibility index (Phi) is 5.18. The second-order valence-corrected chi connectivity index (χ2v) is 4.72. The van der Waals surface area contributed by atoms with Crippen molar-refractivity contribution in [2.24, 2.45) is 0 Å². The first kappa shape index (κ1) is 14.6. The smallest absolute Gasteiger partial charge is 0.167 e. The van der Waals surface area contributed by atoms with E-state index in [9.17, 15) is 4.39 Å². The van der Waals surface area contributed by atoms with Gasteiger partial charge >= 0.3 is 0 Å². The summed E-state index contributed by atoms with van der Waals surface area (Å²) in [6, 6.07) is 8.88. The number of nitrogens with one attached hydrogen (secondary N) is 1. The standard InChI is InChI=1S/C16H20FNO2/c1-3-9-18-10-13-7-8-14(20-13)11-19-15-6-4-5-12(2)16(15)17/h4-8,18H,3,9-11H2,1-2H3. The summed E-state index contributed by atoms with van der Waals surface area (Å²) in [5.74, 6) is 1.50. The summed E-state index contributed by atoms with van der Waals surface area (Å²) >= 11 is 0. The van der Waals surface area contributed by atoms with Crippen molar-refractivity contribution in [2.45, 2.75) is 33.4 Å². The summed E-state index contributed by atoms with van der Waals surface area (Å²) in [6.45, 7) is 5.72. The molecular formula is C16H20FNO2. The van der Waals surface area contributed by atoms with Gasteiger partial charge in [0.25, 0.3) is 0 Å². The normalized spacial score (nSPS) is 10.8. The first-order valence-corrected chi connectivity index (χ1v) is 6.87. The highest BCUT2D eigenvalue weighted by Gasteiger charge is 2.07. The van der Waals surface area contributed by atoms with E-state index in [1.54, 1.807) is 25.1 Å². The Balaban J connectivity index is 1.89. The molecule has 0 saturated heterocycles. The molecule has 4 heteroatoms. The Hall–Kier alpha value is -1.81. The lowest BCUT2D eigenvalue weighted by molar-refractivity contribution is 0.254. The Labute approximate surface area is 118 Å². The topological polar surface area (TPSA) is 34.4 Å². The van der Waals surface area contributed by atoms with Gasteiger partial charge in [0.05, 0.1) is 6.54 Å². The van der Waals surface area contributed by atoms with Crippen LogP contribution in [0.15, 0.2) is 34.7 Å². The summed E-state index contributed by atoms with van der Waals surface area (Å²) in [5, 5.41) is 3.26. The summed E-state index contributed by atoms with van der Waals surface area (Å²) in [7, 11) is 0. The van der Waals surface area contributed by atoms with Crippen LogP contribution in [0.1, 0.15) is 30.4 Å². The van der Waals surface area contributed by atoms with Crippen molar-refractivity contribution in [3.63, 3.8) is 0 Å². The number of furan rings is 1. The number of rotatable bonds is 7. The van der Waals surface area contributed by atoms with E-state index in [1.165, 1.54) is 0 Å². The molecule has 2 rings (SSSR count). The number of benzene rings is 1. The predicted octanol–water partition coefficient (Wildman–Crippen LogP) is 3.81. The van der Waals surface area contributed by atoms with Crippen LogP contribution in [0.4, 0.5) is 4.39 Å². The lowest BCUT2D eigenvalue weighted by Gasteiger charge is -2.07. The molecule has 0 bridgehead atoms. The lowest BCUT2D eigenvalue weighted by atomic mass is 10.2. The van der Waals surface area contributed by atoms with Crippen molar-refractivity contribution in [1.29, 1.82) is 0 Å². The maximum atomic E-state index is 13.7. The van der Waals surface area contributed by atoms with Gasteiger partial charge in [0, 0.05) is 0 Å². The third kappa shape index (κ3) is 3.84. The van der Waals surface area contributed by atoms with Crippen LogP contribution < -0.4 is 10.1 Å². The van der Waals surface area contributed by atoms with Gasteiger partial charge in [-0.15, -0.1) is 0 Å². The highest BCUT2D eigenvalue weighted by Crippen LogP contribution is 2.21. The quantitative estimate of drug-likeness (QED) is 0.782. The molecule has 0 radical (unpaired) electrons. The summed E-state index contributed by atoms with van der Waals surface area (Å²) < 4.78 is 24.8. The first-order valence-electron chi connectivity index (χ1n) is 6.87. The molecule has 108 valence electrons. The minimum absolute atomic E-state index is 0.230. The number of ether oxygens (including phenoxy) is 1. The third-order valence-corrected chi connectivity index (χ3v) is 2.97. The van der Waals surface area contributed by atoms with E-state index in [0.717, 1.165) is 18.7 Å². The molecule has 0 unspecified atom stereocenters. The molecule has 1 aromatic heterocycles. The minimum Gasteiger partial charge on any atom is -0.483 e. The van der Waals surface area contributed by atoms with Crippen LogP contribution in [-0.4, -0.2) is 6.54 Å². The van der Waals surface area contributed by atoms with Gasteiger partial charge in [0.1, 0.15) is 18.1 Å². The second kappa shape index (κ2) is 7.10. The van der Waals surface area contributed by atoms with Crippen molar-refractivity contribution < 1.29 is 13.5 Å². The average molecular weight is 277 g/mol. The molecule has 3 nitrogen and oxygen atoms in total. The number of hydrogen-bond acceptors (Lipinski definition) is 3.